The molecule has 0 bridgehead atoms. The molecule has 0 radical (unpaired) electrons. The van der Waals surface area contributed by atoms with Gasteiger partial charge in [-0.2, -0.15) is 4.98 Å². The lowest BCUT2D eigenvalue weighted by molar-refractivity contribution is 0.00445. The minimum atomic E-state index is -1.13. The van der Waals surface area contributed by atoms with E-state index in [0.717, 1.165) is 12.1 Å². The zero-order valence-electron chi connectivity index (χ0n) is 14.6. The van der Waals surface area contributed by atoms with Crippen LogP contribution in [0.4, 0.5) is 20.5 Å². The van der Waals surface area contributed by atoms with Crippen LogP contribution >= 0.6 is 11.6 Å². The molecule has 6 N–H and O–H groups in total. The third-order valence-corrected chi connectivity index (χ3v) is 4.95. The van der Waals surface area contributed by atoms with Crippen LogP contribution < -0.4 is 11.1 Å². The number of aromatic nitrogens is 2. The maximum absolute atomic E-state index is 13.4. The predicted octanol–water partition coefficient (Wildman–Crippen LogP) is 1.68. The normalized spacial score (nSPS) is 24.8. The molecule has 0 spiro atoms. The SMILES string of the molecule is Nc1nc(Cl)c(/C=C/c2ccc(F)c(F)c2)c(N[C@@H]2C[C@H](CO)[C@@H](O)[C@H]2O)n1. The zero-order chi connectivity index (χ0) is 20.4. The second-order valence-electron chi connectivity index (χ2n) is 6.55. The summed E-state index contributed by atoms with van der Waals surface area (Å²) in [7, 11) is 0. The van der Waals surface area contributed by atoms with Crippen molar-refractivity contribution in [2.45, 2.75) is 24.7 Å². The van der Waals surface area contributed by atoms with Gasteiger partial charge in [0.15, 0.2) is 11.6 Å². The van der Waals surface area contributed by atoms with E-state index in [0.29, 0.717) is 17.5 Å². The summed E-state index contributed by atoms with van der Waals surface area (Å²) in [4.78, 5) is 7.96. The number of nitrogens with zero attached hydrogens (tertiary/aromatic N) is 2. The second-order valence-corrected chi connectivity index (χ2v) is 6.91. The number of hydrogen-bond donors (Lipinski definition) is 5. The van der Waals surface area contributed by atoms with Gasteiger partial charge in [-0.1, -0.05) is 23.7 Å². The Labute approximate surface area is 164 Å². The van der Waals surface area contributed by atoms with Crippen LogP contribution in [0.5, 0.6) is 0 Å². The highest BCUT2D eigenvalue weighted by Gasteiger charge is 2.41. The van der Waals surface area contributed by atoms with Crippen molar-refractivity contribution in [3.05, 3.63) is 46.1 Å². The topological polar surface area (TPSA) is 125 Å². The lowest BCUT2D eigenvalue weighted by Crippen LogP contribution is -2.35. The number of aliphatic hydroxyl groups is 3. The summed E-state index contributed by atoms with van der Waals surface area (Å²) < 4.78 is 26.4. The lowest BCUT2D eigenvalue weighted by atomic mass is 10.1. The van der Waals surface area contributed by atoms with Gasteiger partial charge in [-0.3, -0.25) is 0 Å². The van der Waals surface area contributed by atoms with Gasteiger partial charge < -0.3 is 26.4 Å². The Balaban J connectivity index is 1.89. The molecule has 0 unspecified atom stereocenters. The molecule has 0 amide bonds. The Bertz CT molecular complexity index is 899. The van der Waals surface area contributed by atoms with E-state index in [1.807, 2.05) is 0 Å². The molecule has 1 aromatic carbocycles. The van der Waals surface area contributed by atoms with Gasteiger partial charge in [-0.05, 0) is 30.2 Å². The molecule has 1 saturated carbocycles. The number of nitrogens with one attached hydrogen (secondary N) is 1. The fourth-order valence-electron chi connectivity index (χ4n) is 3.14. The average Bonchev–Trinajstić information content (AvgIpc) is 2.91. The molecule has 3 rings (SSSR count). The van der Waals surface area contributed by atoms with Gasteiger partial charge in [0.05, 0.1) is 17.7 Å². The molecule has 1 aliphatic carbocycles. The summed E-state index contributed by atoms with van der Waals surface area (Å²) >= 11 is 6.16. The maximum atomic E-state index is 13.4. The molecule has 0 saturated heterocycles. The minimum Gasteiger partial charge on any atom is -0.396 e. The van der Waals surface area contributed by atoms with Crippen molar-refractivity contribution in [3.63, 3.8) is 0 Å². The van der Waals surface area contributed by atoms with Gasteiger partial charge in [0.1, 0.15) is 17.1 Å². The van der Waals surface area contributed by atoms with Crippen LogP contribution in [0.25, 0.3) is 12.2 Å². The van der Waals surface area contributed by atoms with Gasteiger partial charge in [-0.15, -0.1) is 0 Å². The number of anilines is 2. The number of nitrogens with two attached hydrogens (primary N) is 1. The van der Waals surface area contributed by atoms with Crippen LogP contribution in [-0.2, 0) is 0 Å². The molecule has 1 heterocycles. The summed E-state index contributed by atoms with van der Waals surface area (Å²) in [5.41, 5.74) is 6.35. The number of nitrogen functional groups attached to an aromatic ring is 1. The molecular weight excluding hydrogens is 394 g/mol. The second kappa shape index (κ2) is 8.36. The van der Waals surface area contributed by atoms with Gasteiger partial charge in [0.2, 0.25) is 5.95 Å². The first-order valence-corrected chi connectivity index (χ1v) is 8.87. The maximum Gasteiger partial charge on any atom is 0.223 e. The van der Waals surface area contributed by atoms with Crippen molar-refractivity contribution in [2.75, 3.05) is 17.7 Å². The molecule has 1 aromatic heterocycles. The van der Waals surface area contributed by atoms with E-state index >= 15 is 0 Å². The Morgan fingerprint density at radius 1 is 1.18 bits per heavy atom. The summed E-state index contributed by atoms with van der Waals surface area (Å²) in [5.74, 6) is -2.34. The van der Waals surface area contributed by atoms with Crippen molar-refractivity contribution in [1.82, 2.24) is 9.97 Å². The fraction of sp³-hybridized carbons (Fsp3) is 0.333. The highest BCUT2D eigenvalue weighted by molar-refractivity contribution is 6.31. The molecule has 2 aromatic rings. The third-order valence-electron chi connectivity index (χ3n) is 4.66. The highest BCUT2D eigenvalue weighted by Crippen LogP contribution is 2.31. The lowest BCUT2D eigenvalue weighted by Gasteiger charge is -2.20. The first kappa shape index (κ1) is 20.4. The molecule has 150 valence electrons. The number of hydrogen-bond acceptors (Lipinski definition) is 7. The number of rotatable bonds is 5. The molecular formula is C18H19ClF2N4O3. The molecule has 7 nitrogen and oxygen atoms in total. The number of halogens is 3. The predicted molar refractivity (Wildman–Crippen MR) is 101 cm³/mol. The summed E-state index contributed by atoms with van der Waals surface area (Å²) in [5, 5.41) is 32.4. The highest BCUT2D eigenvalue weighted by atomic mass is 35.5. The van der Waals surface area contributed by atoms with Crippen molar-refractivity contribution in [1.29, 1.82) is 0 Å². The van der Waals surface area contributed by atoms with Crippen molar-refractivity contribution >= 4 is 35.5 Å². The first-order valence-electron chi connectivity index (χ1n) is 8.49. The Morgan fingerprint density at radius 3 is 2.57 bits per heavy atom. The van der Waals surface area contributed by atoms with Gasteiger partial charge in [-0.25, -0.2) is 13.8 Å². The third kappa shape index (κ3) is 4.22. The van der Waals surface area contributed by atoms with Crippen molar-refractivity contribution < 1.29 is 24.1 Å². The molecule has 0 aliphatic heterocycles. The monoisotopic (exact) mass is 412 g/mol. The summed E-state index contributed by atoms with van der Waals surface area (Å²) in [6.45, 7) is -0.272. The van der Waals surface area contributed by atoms with Crippen LogP contribution in [0, 0.1) is 17.6 Å². The minimum absolute atomic E-state index is 0.0144. The van der Waals surface area contributed by atoms with Crippen LogP contribution in [0.3, 0.4) is 0 Å². The Kier molecular flexibility index (Phi) is 6.09. The van der Waals surface area contributed by atoms with Gasteiger partial charge in [0, 0.05) is 12.5 Å². The largest absolute Gasteiger partial charge is 0.396 e. The fourth-order valence-corrected chi connectivity index (χ4v) is 3.38. The smallest absolute Gasteiger partial charge is 0.223 e. The van der Waals surface area contributed by atoms with E-state index in [4.69, 9.17) is 17.3 Å². The van der Waals surface area contributed by atoms with E-state index in [-0.39, 0.29) is 23.5 Å². The number of benzene rings is 1. The zero-order valence-corrected chi connectivity index (χ0v) is 15.3. The van der Waals surface area contributed by atoms with E-state index in [1.165, 1.54) is 18.2 Å². The molecule has 10 heteroatoms. The molecule has 1 fully saturated rings. The van der Waals surface area contributed by atoms with Crippen LogP contribution in [0.15, 0.2) is 18.2 Å². The number of aliphatic hydroxyl groups excluding tert-OH is 3. The van der Waals surface area contributed by atoms with E-state index in [2.05, 4.69) is 15.3 Å². The standard InChI is InChI=1S/C18H19ClF2N4O3/c19-16-10(3-1-8-2-4-11(20)12(21)5-8)17(25-18(22)24-16)23-13-6-9(7-26)14(27)15(13)28/h1-5,9,13-15,26-28H,6-7H2,(H3,22,23,24,25)/b3-1+/t9-,13-,14-,15+/m1/s1. The van der Waals surface area contributed by atoms with Crippen LogP contribution in [0.1, 0.15) is 17.5 Å². The van der Waals surface area contributed by atoms with Crippen molar-refractivity contribution in [2.24, 2.45) is 5.92 Å². The first-order chi connectivity index (χ1) is 13.3. The quantitative estimate of drug-likeness (QED) is 0.473. The molecule has 4 atom stereocenters. The van der Waals surface area contributed by atoms with Gasteiger partial charge >= 0.3 is 0 Å². The van der Waals surface area contributed by atoms with Crippen LogP contribution in [-0.4, -0.2) is 50.1 Å². The molecule has 1 aliphatic rings. The molecule has 28 heavy (non-hydrogen) atoms. The summed E-state index contributed by atoms with van der Waals surface area (Å²) in [6.07, 6.45) is 1.07. The Morgan fingerprint density at radius 2 is 1.93 bits per heavy atom. The van der Waals surface area contributed by atoms with E-state index in [9.17, 15) is 24.1 Å². The van der Waals surface area contributed by atoms with E-state index < -0.39 is 35.8 Å². The van der Waals surface area contributed by atoms with Gasteiger partial charge in [0.25, 0.3) is 0 Å². The average molecular weight is 413 g/mol. The van der Waals surface area contributed by atoms with E-state index in [1.54, 1.807) is 0 Å². The van der Waals surface area contributed by atoms with Crippen LogP contribution in [0.2, 0.25) is 5.15 Å². The summed E-state index contributed by atoms with van der Waals surface area (Å²) in [6, 6.07) is 2.80. The Hall–Kier alpha value is -2.33. The van der Waals surface area contributed by atoms with Crippen molar-refractivity contribution in [3.8, 4) is 0 Å².